The Balaban J connectivity index is 1.19. The smallest absolute Gasteiger partial charge is 0.331 e. The van der Waals surface area contributed by atoms with Crippen molar-refractivity contribution in [1.82, 2.24) is 0 Å². The summed E-state index contributed by atoms with van der Waals surface area (Å²) in [7, 11) is 0. The molecule has 4 aliphatic carbocycles. The Labute approximate surface area is 224 Å². The minimum atomic E-state index is -1.36. The zero-order valence-electron chi connectivity index (χ0n) is 22.7. The van der Waals surface area contributed by atoms with Gasteiger partial charge in [-0.1, -0.05) is 13.8 Å². The third-order valence-corrected chi connectivity index (χ3v) is 12.2. The maximum Gasteiger partial charge on any atom is 0.331 e. The highest BCUT2D eigenvalue weighted by Gasteiger charge is 2.70. The summed E-state index contributed by atoms with van der Waals surface area (Å²) in [4.78, 5) is 11.8. The molecule has 0 aromatic carbocycles. The average Bonchev–Trinajstić information content (AvgIpc) is 3.41. The van der Waals surface area contributed by atoms with Gasteiger partial charge < -0.3 is 39.7 Å². The van der Waals surface area contributed by atoms with E-state index in [1.807, 2.05) is 0 Å². The Morgan fingerprint density at radius 2 is 1.61 bits per heavy atom. The molecule has 13 atom stereocenters. The molecule has 2 aliphatic heterocycles. The number of rotatable bonds is 3. The molecule has 0 radical (unpaired) electrons. The minimum Gasteiger partial charge on any atom is -0.458 e. The molecule has 9 heteroatoms. The second kappa shape index (κ2) is 8.96. The number of carbonyl (C=O) groups excluding carboxylic acids is 1. The van der Waals surface area contributed by atoms with Gasteiger partial charge in [0.15, 0.2) is 6.29 Å². The quantitative estimate of drug-likeness (QED) is 0.268. The molecule has 38 heavy (non-hydrogen) atoms. The van der Waals surface area contributed by atoms with Crippen molar-refractivity contribution in [3.63, 3.8) is 0 Å². The summed E-state index contributed by atoms with van der Waals surface area (Å²) >= 11 is 0. The number of ether oxygens (including phenoxy) is 3. The van der Waals surface area contributed by atoms with Crippen molar-refractivity contribution in [3.05, 3.63) is 11.6 Å². The molecular weight excluding hydrogens is 492 g/mol. The molecule has 5 N–H and O–H groups in total. The monoisotopic (exact) mass is 536 g/mol. The van der Waals surface area contributed by atoms with Crippen LogP contribution < -0.4 is 0 Å². The number of hydrogen-bond acceptors (Lipinski definition) is 9. The molecule has 214 valence electrons. The SMILES string of the molecule is C[C@H]1O[C@@H](O[C@H]2CC[C@]3(C)[C@H]4CC[C@]5(C)[C@@H](C6=CC(=O)OC6)CC[C@]5(O)[C@@H]4CC[C@]3(O)C2)[C@H](O)[C@@H](O)[C@@H]1O. The lowest BCUT2D eigenvalue weighted by atomic mass is 9.42. The second-order valence-electron chi connectivity index (χ2n) is 13.7. The van der Waals surface area contributed by atoms with E-state index < -0.39 is 41.9 Å². The van der Waals surface area contributed by atoms with Gasteiger partial charge in [0.25, 0.3) is 0 Å². The fourth-order valence-electron chi connectivity index (χ4n) is 9.80. The van der Waals surface area contributed by atoms with Crippen LogP contribution in [0.5, 0.6) is 0 Å². The third kappa shape index (κ3) is 3.65. The lowest BCUT2D eigenvalue weighted by Crippen LogP contribution is -2.67. The van der Waals surface area contributed by atoms with Crippen LogP contribution in [0.25, 0.3) is 0 Å². The Morgan fingerprint density at radius 3 is 2.32 bits per heavy atom. The highest BCUT2D eigenvalue weighted by atomic mass is 16.7. The normalized spacial score (nSPS) is 56.5. The number of fused-ring (bicyclic) bond motifs is 5. The maximum atomic E-state index is 12.4. The Bertz CT molecular complexity index is 1000. The molecule has 4 saturated carbocycles. The van der Waals surface area contributed by atoms with E-state index >= 15 is 0 Å². The van der Waals surface area contributed by atoms with Gasteiger partial charge in [0, 0.05) is 17.9 Å². The number of cyclic esters (lactones) is 1. The molecule has 2 heterocycles. The fraction of sp³-hybridized carbons (Fsp3) is 0.897. The van der Waals surface area contributed by atoms with Gasteiger partial charge >= 0.3 is 5.97 Å². The molecule has 0 unspecified atom stereocenters. The number of aliphatic hydroxyl groups excluding tert-OH is 3. The van der Waals surface area contributed by atoms with E-state index in [-0.39, 0.29) is 40.7 Å². The highest BCUT2D eigenvalue weighted by molar-refractivity contribution is 5.85. The standard InChI is InChI=1S/C29H44O9/c1-15-22(31)23(32)24(33)25(37-15)38-17-4-8-26(2)19-5-9-27(3)18(16-12-21(30)36-14-16)7-11-29(27,35)20(19)6-10-28(26,34)13-17/h12,15,17-20,22-25,31-35H,4-11,13-14H2,1-3H3/t15-,17+,18-,19+,20-,22-,23+,24-,25+,26-,27-,28+,29+/m1/s1. The third-order valence-electron chi connectivity index (χ3n) is 12.2. The van der Waals surface area contributed by atoms with Crippen LogP contribution in [-0.2, 0) is 19.0 Å². The van der Waals surface area contributed by atoms with Crippen molar-refractivity contribution in [1.29, 1.82) is 0 Å². The van der Waals surface area contributed by atoms with E-state index in [1.54, 1.807) is 13.0 Å². The van der Waals surface area contributed by atoms with Crippen LogP contribution in [0.4, 0.5) is 0 Å². The zero-order valence-corrected chi connectivity index (χ0v) is 22.7. The topological polar surface area (TPSA) is 146 Å². The van der Waals surface area contributed by atoms with Gasteiger partial charge in [-0.3, -0.25) is 0 Å². The predicted molar refractivity (Wildman–Crippen MR) is 134 cm³/mol. The summed E-state index contributed by atoms with van der Waals surface area (Å²) < 4.78 is 17.0. The van der Waals surface area contributed by atoms with Crippen LogP contribution in [0, 0.1) is 28.6 Å². The van der Waals surface area contributed by atoms with Gasteiger partial charge in [0.2, 0.25) is 0 Å². The molecule has 6 aliphatic rings. The van der Waals surface area contributed by atoms with Gasteiger partial charge in [0.1, 0.15) is 24.9 Å². The van der Waals surface area contributed by atoms with Gasteiger partial charge in [-0.15, -0.1) is 0 Å². The van der Waals surface area contributed by atoms with Crippen LogP contribution in [0.15, 0.2) is 11.6 Å². The van der Waals surface area contributed by atoms with Crippen LogP contribution in [0.3, 0.4) is 0 Å². The van der Waals surface area contributed by atoms with E-state index in [0.29, 0.717) is 32.3 Å². The van der Waals surface area contributed by atoms with Crippen molar-refractivity contribution in [2.45, 2.75) is 127 Å². The molecule has 0 amide bonds. The number of carbonyl (C=O) groups is 1. The highest BCUT2D eigenvalue weighted by Crippen LogP contribution is 2.70. The Hall–Kier alpha value is -1.07. The molecule has 5 fully saturated rings. The molecule has 0 spiro atoms. The summed E-state index contributed by atoms with van der Waals surface area (Å²) in [5, 5.41) is 55.1. The van der Waals surface area contributed by atoms with E-state index in [1.165, 1.54) is 0 Å². The molecule has 0 aromatic heterocycles. The molecule has 6 rings (SSSR count). The lowest BCUT2D eigenvalue weighted by Gasteiger charge is -2.66. The Morgan fingerprint density at radius 1 is 0.895 bits per heavy atom. The Kier molecular flexibility index (Phi) is 6.40. The van der Waals surface area contributed by atoms with Crippen molar-refractivity contribution in [2.24, 2.45) is 28.6 Å². The summed E-state index contributed by atoms with van der Waals surface area (Å²) in [6, 6.07) is 0. The summed E-state index contributed by atoms with van der Waals surface area (Å²) in [5.74, 6) is 0.0978. The molecule has 0 aromatic rings. The first kappa shape index (κ1) is 27.1. The second-order valence-corrected chi connectivity index (χ2v) is 13.7. The van der Waals surface area contributed by atoms with Crippen molar-refractivity contribution in [3.8, 4) is 0 Å². The maximum absolute atomic E-state index is 12.4. The van der Waals surface area contributed by atoms with Gasteiger partial charge in [-0.05, 0) is 87.0 Å². The summed E-state index contributed by atoms with van der Waals surface area (Å²) in [6.07, 6.45) is 2.01. The van der Waals surface area contributed by atoms with Gasteiger partial charge in [-0.2, -0.15) is 0 Å². The number of hydrogen-bond donors (Lipinski definition) is 5. The average molecular weight is 537 g/mol. The van der Waals surface area contributed by atoms with Gasteiger partial charge in [0.05, 0.1) is 23.4 Å². The fourth-order valence-corrected chi connectivity index (χ4v) is 9.80. The first-order valence-corrected chi connectivity index (χ1v) is 14.5. The molecule has 1 saturated heterocycles. The largest absolute Gasteiger partial charge is 0.458 e. The van der Waals surface area contributed by atoms with Crippen LogP contribution >= 0.6 is 0 Å². The zero-order chi connectivity index (χ0) is 27.3. The first-order chi connectivity index (χ1) is 17.8. The predicted octanol–water partition coefficient (Wildman–Crippen LogP) is 1.57. The lowest BCUT2D eigenvalue weighted by molar-refractivity contribution is -0.319. The summed E-state index contributed by atoms with van der Waals surface area (Å²) in [6.45, 7) is 6.33. The number of esters is 1. The van der Waals surface area contributed by atoms with Crippen molar-refractivity contribution < 1.29 is 44.5 Å². The van der Waals surface area contributed by atoms with E-state index in [4.69, 9.17) is 14.2 Å². The summed E-state index contributed by atoms with van der Waals surface area (Å²) in [5.41, 5.74) is -1.51. The van der Waals surface area contributed by atoms with Gasteiger partial charge in [-0.25, -0.2) is 4.79 Å². The first-order valence-electron chi connectivity index (χ1n) is 14.5. The van der Waals surface area contributed by atoms with Crippen LogP contribution in [0.2, 0.25) is 0 Å². The minimum absolute atomic E-state index is 0.0774. The van der Waals surface area contributed by atoms with E-state index in [0.717, 1.165) is 37.7 Å². The molecular formula is C29H44O9. The number of aliphatic hydroxyl groups is 5. The van der Waals surface area contributed by atoms with E-state index in [9.17, 15) is 30.3 Å². The van der Waals surface area contributed by atoms with Crippen LogP contribution in [0.1, 0.15) is 78.6 Å². The van der Waals surface area contributed by atoms with Crippen molar-refractivity contribution in [2.75, 3.05) is 6.61 Å². The molecule has 9 nitrogen and oxygen atoms in total. The van der Waals surface area contributed by atoms with Crippen LogP contribution in [-0.4, -0.2) is 86.1 Å². The van der Waals surface area contributed by atoms with E-state index in [2.05, 4.69) is 13.8 Å². The molecule has 0 bridgehead atoms. The van der Waals surface area contributed by atoms with Crippen molar-refractivity contribution >= 4 is 5.97 Å².